The van der Waals surface area contributed by atoms with Gasteiger partial charge in [0.05, 0.1) is 22.4 Å². The molecule has 0 bridgehead atoms. The number of ether oxygens (including phenoxy) is 1. The molecule has 0 spiro atoms. The molecule has 0 atom stereocenters. The highest BCUT2D eigenvalue weighted by atomic mass is 16.5. The van der Waals surface area contributed by atoms with Crippen LogP contribution in [0.15, 0.2) is 91.4 Å². The van der Waals surface area contributed by atoms with Crippen molar-refractivity contribution in [1.82, 2.24) is 14.1 Å². The first-order valence-electron chi connectivity index (χ1n) is 17.6. The minimum atomic E-state index is -0.0876. The molecule has 4 aromatic carbocycles. The first-order chi connectivity index (χ1) is 23.6. The Morgan fingerprint density at radius 3 is 2.00 bits per heavy atom. The molecule has 3 heterocycles. The Balaban J connectivity index is 1.33. The van der Waals surface area contributed by atoms with Gasteiger partial charge in [-0.15, -0.1) is 0 Å². The summed E-state index contributed by atoms with van der Waals surface area (Å²) in [4.78, 5) is 4.86. The third-order valence-corrected chi connectivity index (χ3v) is 10.5. The molecule has 254 valence electrons. The molecular weight excluding hydrogens is 613 g/mol. The summed E-state index contributed by atoms with van der Waals surface area (Å²) in [5, 5.41) is 2.36. The van der Waals surface area contributed by atoms with Crippen molar-refractivity contribution in [1.29, 1.82) is 0 Å². The zero-order valence-electron chi connectivity index (χ0n) is 31.4. The molecule has 0 radical (unpaired) electrons. The fourth-order valence-electron chi connectivity index (χ4n) is 7.04. The molecule has 0 unspecified atom stereocenters. The van der Waals surface area contributed by atoms with Crippen LogP contribution in [0.2, 0.25) is 0 Å². The van der Waals surface area contributed by atoms with Gasteiger partial charge in [-0.05, 0) is 133 Å². The van der Waals surface area contributed by atoms with Crippen LogP contribution in [-0.2, 0) is 10.8 Å². The molecular formula is C45H48N4O. The van der Waals surface area contributed by atoms with E-state index in [1.807, 2.05) is 6.20 Å². The number of imidazole rings is 1. The quantitative estimate of drug-likeness (QED) is 0.136. The lowest BCUT2D eigenvalue weighted by atomic mass is 9.86. The predicted molar refractivity (Wildman–Crippen MR) is 206 cm³/mol. The Morgan fingerprint density at radius 1 is 0.640 bits per heavy atom. The molecule has 0 aliphatic rings. The number of fused-ring (bicyclic) bond motifs is 3. The Hall–Kier alpha value is -5.16. The van der Waals surface area contributed by atoms with Gasteiger partial charge in [0, 0.05) is 35.4 Å². The summed E-state index contributed by atoms with van der Waals surface area (Å²) < 4.78 is 13.2. The van der Waals surface area contributed by atoms with Crippen LogP contribution in [0.25, 0.3) is 39.0 Å². The molecule has 50 heavy (non-hydrogen) atoms. The van der Waals surface area contributed by atoms with E-state index < -0.39 is 0 Å². The summed E-state index contributed by atoms with van der Waals surface area (Å²) >= 11 is 0. The van der Waals surface area contributed by atoms with Crippen LogP contribution < -0.4 is 9.30 Å². The van der Waals surface area contributed by atoms with Gasteiger partial charge in [-0.25, -0.2) is 4.98 Å². The smallest absolute Gasteiger partial charge is 0.268 e. The first kappa shape index (κ1) is 33.3. The third-order valence-electron chi connectivity index (χ3n) is 10.5. The van der Waals surface area contributed by atoms with Crippen LogP contribution in [0.3, 0.4) is 0 Å². The summed E-state index contributed by atoms with van der Waals surface area (Å²) in [6.07, 6.45) is 9.72. The monoisotopic (exact) mass is 660 g/mol. The van der Waals surface area contributed by atoms with Crippen molar-refractivity contribution in [2.24, 2.45) is 0 Å². The van der Waals surface area contributed by atoms with Crippen molar-refractivity contribution in [2.75, 3.05) is 0 Å². The maximum atomic E-state index is 6.76. The van der Waals surface area contributed by atoms with Crippen molar-refractivity contribution < 1.29 is 9.30 Å². The molecule has 0 aliphatic heterocycles. The second-order valence-corrected chi connectivity index (χ2v) is 15.9. The average Bonchev–Trinajstić information content (AvgIpc) is 3.69. The van der Waals surface area contributed by atoms with Crippen molar-refractivity contribution >= 4 is 21.8 Å². The molecule has 7 rings (SSSR count). The van der Waals surface area contributed by atoms with E-state index in [0.29, 0.717) is 0 Å². The summed E-state index contributed by atoms with van der Waals surface area (Å²) in [5.74, 6) is 2.46. The van der Waals surface area contributed by atoms with Crippen LogP contribution in [0, 0.1) is 40.9 Å². The van der Waals surface area contributed by atoms with Gasteiger partial charge in [0.2, 0.25) is 0 Å². The van der Waals surface area contributed by atoms with E-state index in [1.165, 1.54) is 55.4 Å². The van der Waals surface area contributed by atoms with Crippen LogP contribution in [0.1, 0.15) is 80.5 Å². The van der Waals surface area contributed by atoms with Crippen molar-refractivity contribution in [3.63, 3.8) is 0 Å². The van der Waals surface area contributed by atoms with E-state index in [1.54, 1.807) is 0 Å². The van der Waals surface area contributed by atoms with Crippen LogP contribution >= 0.6 is 0 Å². The zero-order valence-corrected chi connectivity index (χ0v) is 31.4. The van der Waals surface area contributed by atoms with Crippen molar-refractivity contribution in [3.05, 3.63) is 137 Å². The Labute approximate surface area is 296 Å². The number of hydrogen-bond donors (Lipinski definition) is 0. The number of para-hydroxylation sites is 1. The van der Waals surface area contributed by atoms with E-state index in [2.05, 4.69) is 181 Å². The standard InChI is InChI=1S/C45H48N4O/c1-28-29(2)31(4)43(32(5)30(28)3)48-21-20-47(27-48)35-22-34(45(9,10)11)23-37(25-35)50-36-16-17-39-38-14-12-13-15-40(38)49(41(39)26-36)42-24-33(18-19-46-42)44(6,7)8/h12-26H,1-11H3. The lowest BCUT2D eigenvalue weighted by Crippen LogP contribution is -2.31. The van der Waals surface area contributed by atoms with E-state index in [4.69, 9.17) is 9.72 Å². The van der Waals surface area contributed by atoms with E-state index in [9.17, 15) is 0 Å². The minimum absolute atomic E-state index is 0.00655. The Morgan fingerprint density at radius 2 is 1.30 bits per heavy atom. The highest BCUT2D eigenvalue weighted by molar-refractivity contribution is 6.09. The highest BCUT2D eigenvalue weighted by Crippen LogP contribution is 2.37. The largest absolute Gasteiger partial charge is 0.458 e. The second-order valence-electron chi connectivity index (χ2n) is 15.9. The SMILES string of the molecule is Cc1c(C)c(C)c(-[n+]2[c-]n(-c3cc(Oc4ccc5c6ccccc6n(-c6cc(C(C)(C)C)ccn6)c5c4)cc(C(C)(C)C)c3)cc2)c(C)c1C. The van der Waals surface area contributed by atoms with E-state index in [-0.39, 0.29) is 10.8 Å². The van der Waals surface area contributed by atoms with Gasteiger partial charge >= 0.3 is 0 Å². The topological polar surface area (TPSA) is 35.9 Å². The summed E-state index contributed by atoms with van der Waals surface area (Å²) in [5.41, 5.74) is 13.3. The maximum Gasteiger partial charge on any atom is 0.268 e. The van der Waals surface area contributed by atoms with Crippen molar-refractivity contribution in [3.8, 4) is 28.7 Å². The number of benzene rings is 4. The van der Waals surface area contributed by atoms with E-state index in [0.717, 1.165) is 34.0 Å². The molecule has 3 aromatic heterocycles. The molecule has 0 aliphatic carbocycles. The molecule has 0 amide bonds. The second kappa shape index (κ2) is 12.0. The molecule has 5 heteroatoms. The number of aromatic nitrogens is 4. The highest BCUT2D eigenvalue weighted by Gasteiger charge is 2.21. The predicted octanol–water partition coefficient (Wildman–Crippen LogP) is 11.0. The first-order valence-corrected chi connectivity index (χ1v) is 17.6. The van der Waals surface area contributed by atoms with Gasteiger partial charge in [0.25, 0.3) is 6.33 Å². The van der Waals surface area contributed by atoms with Gasteiger partial charge in [-0.2, -0.15) is 0 Å². The number of nitrogens with zero attached hydrogens (tertiary/aromatic N) is 4. The fraction of sp³-hybridized carbons (Fsp3) is 0.289. The molecule has 7 aromatic rings. The van der Waals surface area contributed by atoms with Crippen LogP contribution in [0.4, 0.5) is 0 Å². The Bertz CT molecular complexity index is 2400. The number of hydrogen-bond acceptors (Lipinski definition) is 2. The maximum absolute atomic E-state index is 6.76. The van der Waals surface area contributed by atoms with Crippen molar-refractivity contribution in [2.45, 2.75) is 87.0 Å². The third kappa shape index (κ3) is 5.79. The van der Waals surface area contributed by atoms with Gasteiger partial charge in [-0.3, -0.25) is 13.7 Å². The summed E-state index contributed by atoms with van der Waals surface area (Å²) in [6, 6.07) is 25.8. The fourth-order valence-corrected chi connectivity index (χ4v) is 7.04. The average molecular weight is 661 g/mol. The number of pyridine rings is 1. The summed E-state index contributed by atoms with van der Waals surface area (Å²) in [7, 11) is 0. The molecule has 0 saturated heterocycles. The molecule has 0 N–H and O–H groups in total. The van der Waals surface area contributed by atoms with Crippen LogP contribution in [-0.4, -0.2) is 14.1 Å². The molecule has 5 nitrogen and oxygen atoms in total. The van der Waals surface area contributed by atoms with Gasteiger partial charge in [0.1, 0.15) is 17.3 Å². The normalized spacial score (nSPS) is 12.3. The zero-order chi connectivity index (χ0) is 35.7. The van der Waals surface area contributed by atoms with E-state index >= 15 is 0 Å². The van der Waals surface area contributed by atoms with Gasteiger partial charge < -0.3 is 4.74 Å². The molecule has 0 fully saturated rings. The number of rotatable bonds is 5. The van der Waals surface area contributed by atoms with Crippen LogP contribution in [0.5, 0.6) is 11.5 Å². The molecule has 0 saturated carbocycles. The summed E-state index contributed by atoms with van der Waals surface area (Å²) in [6.45, 7) is 24.5. The van der Waals surface area contributed by atoms with Gasteiger partial charge in [0.15, 0.2) is 0 Å². The van der Waals surface area contributed by atoms with Gasteiger partial charge in [-0.1, -0.05) is 59.7 Å². The lowest BCUT2D eigenvalue weighted by Gasteiger charge is -2.22. The Kier molecular flexibility index (Phi) is 8.01. The minimum Gasteiger partial charge on any atom is -0.458 e. The lowest BCUT2D eigenvalue weighted by molar-refractivity contribution is -0.600.